The van der Waals surface area contributed by atoms with E-state index in [0.717, 1.165) is 0 Å². The smallest absolute Gasteiger partial charge is 0.121 e. The summed E-state index contributed by atoms with van der Waals surface area (Å²) >= 11 is 0. The Bertz CT molecular complexity index is 1240. The van der Waals surface area contributed by atoms with E-state index in [9.17, 15) is 0 Å². The van der Waals surface area contributed by atoms with Gasteiger partial charge in [0.1, 0.15) is 11.1 Å². The van der Waals surface area contributed by atoms with Crippen LogP contribution in [-0.2, 0) is 11.1 Å². The lowest BCUT2D eigenvalue weighted by Crippen LogP contribution is -2.66. The highest BCUT2D eigenvalue weighted by Crippen LogP contribution is 2.82. The van der Waals surface area contributed by atoms with Gasteiger partial charge in [0.05, 0.1) is 0 Å². The topological polar surface area (TPSA) is 24.7 Å². The first kappa shape index (κ1) is 17.1. The van der Waals surface area contributed by atoms with Crippen molar-refractivity contribution in [2.45, 2.75) is 34.7 Å². The van der Waals surface area contributed by atoms with E-state index in [4.69, 9.17) is 10.2 Å². The SMILES string of the molecule is c1ccc(C23N=NC(c4ccccc4)([C@@H]4c5ccccc5[C@H]42)[C@H]2c4ccccc4[C@@H]23)cc1. The quantitative estimate of drug-likeness (QED) is 0.339. The Hall–Kier alpha value is -3.52. The summed E-state index contributed by atoms with van der Waals surface area (Å²) < 4.78 is 0. The fourth-order valence-electron chi connectivity index (χ4n) is 7.69. The van der Waals surface area contributed by atoms with Gasteiger partial charge in [-0.25, -0.2) is 0 Å². The predicted molar refractivity (Wildman–Crippen MR) is 125 cm³/mol. The van der Waals surface area contributed by atoms with Crippen molar-refractivity contribution < 1.29 is 0 Å². The average molecular weight is 411 g/mol. The van der Waals surface area contributed by atoms with Gasteiger partial charge in [0.2, 0.25) is 0 Å². The number of fused-ring (bicyclic) bond motifs is 2. The summed E-state index contributed by atoms with van der Waals surface area (Å²) in [6.45, 7) is 0. The first-order valence-corrected chi connectivity index (χ1v) is 11.6. The third kappa shape index (κ3) is 1.67. The van der Waals surface area contributed by atoms with Crippen LogP contribution in [0.3, 0.4) is 0 Å². The highest BCUT2D eigenvalue weighted by Gasteiger charge is 2.77. The van der Waals surface area contributed by atoms with E-state index in [1.54, 1.807) is 0 Å². The van der Waals surface area contributed by atoms with Crippen molar-refractivity contribution in [3.05, 3.63) is 143 Å². The molecule has 0 amide bonds. The molecule has 0 radical (unpaired) electrons. The second-order valence-corrected chi connectivity index (χ2v) is 9.75. The van der Waals surface area contributed by atoms with Crippen molar-refractivity contribution in [3.63, 3.8) is 0 Å². The normalized spacial score (nSPS) is 34.4. The van der Waals surface area contributed by atoms with Crippen molar-refractivity contribution in [2.75, 3.05) is 0 Å². The fourth-order valence-corrected chi connectivity index (χ4v) is 7.69. The lowest BCUT2D eigenvalue weighted by molar-refractivity contribution is -0.00688. The van der Waals surface area contributed by atoms with Crippen molar-refractivity contribution in [2.24, 2.45) is 10.2 Å². The molecule has 6 atom stereocenters. The standard InChI is InChI=1S/C30H22N2/c1-3-11-19(12-4-1)29-25-21-15-7-9-17-23(21)27(25)30(32-31-29,20-13-5-2-6-14-20)28-24-18-10-8-16-22(24)26(28)29/h1-18,25-28H/t25-,26+,27-,28+,29?,30?. The molecule has 2 unspecified atom stereocenters. The highest BCUT2D eigenvalue weighted by atomic mass is 15.3. The van der Waals surface area contributed by atoms with Crippen molar-refractivity contribution in [1.82, 2.24) is 0 Å². The second-order valence-electron chi connectivity index (χ2n) is 9.75. The molecule has 32 heavy (non-hydrogen) atoms. The monoisotopic (exact) mass is 410 g/mol. The van der Waals surface area contributed by atoms with E-state index < -0.39 is 0 Å². The minimum absolute atomic E-state index is 0.337. The molecule has 4 aromatic rings. The molecule has 152 valence electrons. The Morgan fingerprint density at radius 3 is 0.969 bits per heavy atom. The van der Waals surface area contributed by atoms with Crippen LogP contribution in [0.4, 0.5) is 0 Å². The summed E-state index contributed by atoms with van der Waals surface area (Å²) in [5.74, 6) is 1.36. The van der Waals surface area contributed by atoms with E-state index >= 15 is 0 Å². The number of rotatable bonds is 2. The van der Waals surface area contributed by atoms with Crippen molar-refractivity contribution in [3.8, 4) is 0 Å². The van der Waals surface area contributed by atoms with Gasteiger partial charge in [-0.3, -0.25) is 0 Å². The zero-order valence-corrected chi connectivity index (χ0v) is 17.6. The van der Waals surface area contributed by atoms with Crippen LogP contribution >= 0.6 is 0 Å². The summed E-state index contributed by atoms with van der Waals surface area (Å²) in [7, 11) is 0. The first-order chi connectivity index (χ1) is 15.9. The number of hydrogen-bond donors (Lipinski definition) is 0. The van der Waals surface area contributed by atoms with Crippen LogP contribution in [0.25, 0.3) is 0 Å². The molecule has 0 N–H and O–H groups in total. The van der Waals surface area contributed by atoms with Crippen LogP contribution < -0.4 is 0 Å². The predicted octanol–water partition coefficient (Wildman–Crippen LogP) is 7.02. The van der Waals surface area contributed by atoms with Gasteiger partial charge in [-0.1, -0.05) is 109 Å². The third-order valence-corrected chi connectivity index (χ3v) is 8.75. The molecule has 5 aliphatic rings. The summed E-state index contributed by atoms with van der Waals surface area (Å²) in [6.07, 6.45) is 0. The van der Waals surface area contributed by atoms with Crippen LogP contribution in [-0.4, -0.2) is 0 Å². The number of azo groups is 1. The molecule has 9 rings (SSSR count). The molecule has 2 aliphatic heterocycles. The molecule has 0 saturated heterocycles. The zero-order valence-electron chi connectivity index (χ0n) is 17.6. The van der Waals surface area contributed by atoms with Gasteiger partial charge in [0.15, 0.2) is 0 Å². The highest BCUT2D eigenvalue weighted by molar-refractivity contribution is 5.66. The van der Waals surface area contributed by atoms with Gasteiger partial charge < -0.3 is 0 Å². The minimum atomic E-state index is -0.337. The second kappa shape index (κ2) is 5.63. The number of benzene rings is 4. The Morgan fingerprint density at radius 1 is 0.375 bits per heavy atom. The lowest BCUT2D eigenvalue weighted by Gasteiger charge is -2.71. The van der Waals surface area contributed by atoms with Crippen LogP contribution in [0.2, 0.25) is 0 Å². The average Bonchev–Trinajstić information content (AvgIpc) is 2.85. The molecule has 4 aromatic carbocycles. The molecule has 0 spiro atoms. The maximum absolute atomic E-state index is 5.34. The van der Waals surface area contributed by atoms with Crippen LogP contribution in [0, 0.1) is 0 Å². The molecule has 2 heteroatoms. The lowest BCUT2D eigenvalue weighted by atomic mass is 9.34. The number of nitrogens with zero attached hydrogens (tertiary/aromatic N) is 2. The van der Waals surface area contributed by atoms with E-state index in [-0.39, 0.29) is 11.1 Å². The van der Waals surface area contributed by atoms with Crippen LogP contribution in [0.5, 0.6) is 0 Å². The van der Waals surface area contributed by atoms with Gasteiger partial charge in [-0.05, 0) is 33.4 Å². The Kier molecular flexibility index (Phi) is 3.01. The molecule has 1 saturated carbocycles. The van der Waals surface area contributed by atoms with E-state index in [0.29, 0.717) is 23.7 Å². The molecule has 2 nitrogen and oxygen atoms in total. The van der Waals surface area contributed by atoms with Crippen molar-refractivity contribution in [1.29, 1.82) is 0 Å². The Labute approximate surface area is 187 Å². The molecule has 2 bridgehead atoms. The molecular formula is C30H22N2. The molecular weight excluding hydrogens is 388 g/mol. The van der Waals surface area contributed by atoms with Gasteiger partial charge in [0, 0.05) is 23.7 Å². The summed E-state index contributed by atoms with van der Waals surface area (Å²) in [5.41, 5.74) is 7.78. The van der Waals surface area contributed by atoms with E-state index in [1.165, 1.54) is 33.4 Å². The van der Waals surface area contributed by atoms with Gasteiger partial charge in [0.25, 0.3) is 0 Å². The van der Waals surface area contributed by atoms with Crippen LogP contribution in [0.15, 0.2) is 119 Å². The zero-order chi connectivity index (χ0) is 20.9. The maximum atomic E-state index is 5.34. The van der Waals surface area contributed by atoms with Gasteiger partial charge >= 0.3 is 0 Å². The van der Waals surface area contributed by atoms with Gasteiger partial charge in [-0.15, -0.1) is 0 Å². The molecule has 3 aliphatic carbocycles. The molecule has 0 aromatic heterocycles. The Balaban J connectivity index is 1.51. The fraction of sp³-hybridized carbons (Fsp3) is 0.200. The molecule has 2 heterocycles. The Morgan fingerprint density at radius 2 is 0.656 bits per heavy atom. The summed E-state index contributed by atoms with van der Waals surface area (Å²) in [6, 6.07) is 40.0. The van der Waals surface area contributed by atoms with E-state index in [2.05, 4.69) is 109 Å². The number of hydrogen-bond acceptors (Lipinski definition) is 2. The van der Waals surface area contributed by atoms with Crippen molar-refractivity contribution >= 4 is 0 Å². The summed E-state index contributed by atoms with van der Waals surface area (Å²) in [5, 5.41) is 10.7. The largest absolute Gasteiger partial charge is 0.180 e. The van der Waals surface area contributed by atoms with Crippen LogP contribution in [0.1, 0.15) is 57.1 Å². The first-order valence-electron chi connectivity index (χ1n) is 11.6. The maximum Gasteiger partial charge on any atom is 0.121 e. The summed E-state index contributed by atoms with van der Waals surface area (Å²) in [4.78, 5) is 0. The molecule has 1 fully saturated rings. The minimum Gasteiger partial charge on any atom is -0.180 e. The van der Waals surface area contributed by atoms with E-state index in [1.807, 2.05) is 0 Å². The van der Waals surface area contributed by atoms with Gasteiger partial charge in [-0.2, -0.15) is 10.2 Å². The third-order valence-electron chi connectivity index (χ3n) is 8.75.